The third kappa shape index (κ3) is 3.93. The zero-order chi connectivity index (χ0) is 13.7. The molecule has 0 amide bonds. The van der Waals surface area contributed by atoms with E-state index in [4.69, 9.17) is 16.3 Å². The Morgan fingerprint density at radius 2 is 1.95 bits per heavy atom. The van der Waals surface area contributed by atoms with Gasteiger partial charge in [0.15, 0.2) is 0 Å². The maximum atomic E-state index is 5.88. The Balaban J connectivity index is 2.08. The minimum atomic E-state index is 0.276. The molecule has 8 heteroatoms. The summed E-state index contributed by atoms with van der Waals surface area (Å²) in [4.78, 5) is 13.6. The second-order valence-corrected chi connectivity index (χ2v) is 5.36. The maximum Gasteiger partial charge on any atom is 0.322 e. The van der Waals surface area contributed by atoms with Gasteiger partial charge in [0.25, 0.3) is 0 Å². The third-order valence-electron chi connectivity index (χ3n) is 2.18. The molecule has 2 rings (SSSR count). The molecule has 0 bridgehead atoms. The summed E-state index contributed by atoms with van der Waals surface area (Å²) in [5.41, 5.74) is 0. The molecule has 0 unspecified atom stereocenters. The number of nitrogens with one attached hydrogen (secondary N) is 2. The Bertz CT molecular complexity index is 548. The predicted octanol–water partition coefficient (Wildman–Crippen LogP) is 2.64. The van der Waals surface area contributed by atoms with Gasteiger partial charge in [-0.2, -0.15) is 15.0 Å². The summed E-state index contributed by atoms with van der Waals surface area (Å²) in [6.45, 7) is 3.31. The number of ether oxygens (including phenoxy) is 1. The molecule has 0 aliphatic heterocycles. The summed E-state index contributed by atoms with van der Waals surface area (Å²) in [6.07, 6.45) is 0. The Kier molecular flexibility index (Phi) is 4.75. The van der Waals surface area contributed by atoms with Gasteiger partial charge in [0.05, 0.1) is 18.0 Å². The van der Waals surface area contributed by atoms with Crippen LogP contribution >= 0.6 is 22.9 Å². The Hall–Kier alpha value is -1.60. The second kappa shape index (κ2) is 6.53. The molecule has 19 heavy (non-hydrogen) atoms. The lowest BCUT2D eigenvalue weighted by atomic mass is 10.5. The van der Waals surface area contributed by atoms with Gasteiger partial charge in [0.1, 0.15) is 0 Å². The van der Waals surface area contributed by atoms with Crippen molar-refractivity contribution in [1.82, 2.24) is 15.0 Å². The molecule has 0 atom stereocenters. The van der Waals surface area contributed by atoms with Gasteiger partial charge in [0.2, 0.25) is 11.9 Å². The van der Waals surface area contributed by atoms with Crippen LogP contribution in [0.25, 0.3) is 0 Å². The molecular weight excluding hydrogens is 286 g/mol. The first-order chi connectivity index (χ1) is 9.21. The summed E-state index contributed by atoms with van der Waals surface area (Å²) in [5.74, 6) is 0.952. The average molecular weight is 300 g/mol. The van der Waals surface area contributed by atoms with Crippen molar-refractivity contribution in [2.24, 2.45) is 0 Å². The van der Waals surface area contributed by atoms with E-state index in [0.29, 0.717) is 18.4 Å². The Morgan fingerprint density at radius 1 is 1.21 bits per heavy atom. The number of methoxy groups -OCH3 is 1. The number of thiophene rings is 1. The summed E-state index contributed by atoms with van der Waals surface area (Å²) < 4.78 is 5.80. The molecular formula is C11H14ClN5OS. The van der Waals surface area contributed by atoms with E-state index in [1.807, 2.05) is 19.1 Å². The highest BCUT2D eigenvalue weighted by Crippen LogP contribution is 2.22. The lowest BCUT2D eigenvalue weighted by molar-refractivity contribution is 0.379. The molecule has 0 fully saturated rings. The Morgan fingerprint density at radius 3 is 2.53 bits per heavy atom. The van der Waals surface area contributed by atoms with E-state index in [1.165, 1.54) is 18.4 Å². The van der Waals surface area contributed by atoms with Crippen molar-refractivity contribution < 1.29 is 4.74 Å². The van der Waals surface area contributed by atoms with E-state index in [2.05, 4.69) is 25.6 Å². The maximum absolute atomic E-state index is 5.88. The molecule has 0 saturated carbocycles. The normalized spacial score (nSPS) is 10.3. The lowest BCUT2D eigenvalue weighted by Crippen LogP contribution is -2.09. The quantitative estimate of drug-likeness (QED) is 0.854. The molecule has 102 valence electrons. The molecule has 2 aromatic heterocycles. The number of rotatable bonds is 6. The van der Waals surface area contributed by atoms with Crippen LogP contribution in [0.4, 0.5) is 11.9 Å². The third-order valence-corrected chi connectivity index (χ3v) is 3.41. The SMILES string of the molecule is CCNc1nc(NCc2ccc(Cl)s2)nc(OC)n1. The molecule has 2 N–H and O–H groups in total. The van der Waals surface area contributed by atoms with Crippen LogP contribution < -0.4 is 15.4 Å². The summed E-state index contributed by atoms with van der Waals surface area (Å²) in [7, 11) is 1.52. The number of anilines is 2. The van der Waals surface area contributed by atoms with Crippen LogP contribution in [0.3, 0.4) is 0 Å². The number of halogens is 1. The molecule has 0 aromatic carbocycles. The standard InChI is InChI=1S/C11H14ClN5OS/c1-3-13-9-15-10(17-11(16-9)18-2)14-6-7-4-5-8(12)19-7/h4-5H,3,6H2,1-2H3,(H2,13,14,15,16,17). The second-order valence-electron chi connectivity index (χ2n) is 3.56. The molecule has 0 spiro atoms. The van der Waals surface area contributed by atoms with Crippen LogP contribution in [-0.4, -0.2) is 28.6 Å². The van der Waals surface area contributed by atoms with Crippen LogP contribution in [0.2, 0.25) is 4.34 Å². The van der Waals surface area contributed by atoms with E-state index < -0.39 is 0 Å². The molecule has 0 aliphatic carbocycles. The van der Waals surface area contributed by atoms with E-state index in [0.717, 1.165) is 15.8 Å². The van der Waals surface area contributed by atoms with E-state index >= 15 is 0 Å². The topological polar surface area (TPSA) is 72.0 Å². The summed E-state index contributed by atoms with van der Waals surface area (Å²) >= 11 is 7.39. The van der Waals surface area contributed by atoms with Crippen molar-refractivity contribution in [3.05, 3.63) is 21.3 Å². The van der Waals surface area contributed by atoms with Gasteiger partial charge in [-0.25, -0.2) is 0 Å². The van der Waals surface area contributed by atoms with Gasteiger partial charge < -0.3 is 15.4 Å². The van der Waals surface area contributed by atoms with Gasteiger partial charge in [-0.15, -0.1) is 11.3 Å². The highest BCUT2D eigenvalue weighted by Gasteiger charge is 2.06. The highest BCUT2D eigenvalue weighted by atomic mass is 35.5. The van der Waals surface area contributed by atoms with Gasteiger partial charge in [-0.1, -0.05) is 11.6 Å². The fraction of sp³-hybridized carbons (Fsp3) is 0.364. The number of hydrogen-bond donors (Lipinski definition) is 2. The largest absolute Gasteiger partial charge is 0.467 e. The van der Waals surface area contributed by atoms with Crippen molar-refractivity contribution in [1.29, 1.82) is 0 Å². The lowest BCUT2D eigenvalue weighted by Gasteiger charge is -2.07. The van der Waals surface area contributed by atoms with Crippen LogP contribution in [0.5, 0.6) is 6.01 Å². The number of aromatic nitrogens is 3. The first-order valence-corrected chi connectivity index (χ1v) is 6.92. The predicted molar refractivity (Wildman–Crippen MR) is 77.2 cm³/mol. The zero-order valence-corrected chi connectivity index (χ0v) is 12.2. The molecule has 2 heterocycles. The number of nitrogens with zero attached hydrogens (tertiary/aromatic N) is 3. The summed E-state index contributed by atoms with van der Waals surface area (Å²) in [6, 6.07) is 4.10. The van der Waals surface area contributed by atoms with Gasteiger partial charge in [0, 0.05) is 11.4 Å². The zero-order valence-electron chi connectivity index (χ0n) is 10.6. The Labute approximate surface area is 120 Å². The number of hydrogen-bond acceptors (Lipinski definition) is 7. The molecule has 0 saturated heterocycles. The fourth-order valence-corrected chi connectivity index (χ4v) is 2.40. The first-order valence-electron chi connectivity index (χ1n) is 5.73. The van der Waals surface area contributed by atoms with Crippen LogP contribution in [0.15, 0.2) is 12.1 Å². The van der Waals surface area contributed by atoms with Crippen LogP contribution in [0.1, 0.15) is 11.8 Å². The minimum absolute atomic E-state index is 0.276. The molecule has 2 aromatic rings. The molecule has 0 aliphatic rings. The minimum Gasteiger partial charge on any atom is -0.467 e. The van der Waals surface area contributed by atoms with Crippen LogP contribution in [0, 0.1) is 0 Å². The molecule has 0 radical (unpaired) electrons. The van der Waals surface area contributed by atoms with Crippen molar-refractivity contribution in [3.8, 4) is 6.01 Å². The fourth-order valence-electron chi connectivity index (χ4n) is 1.38. The van der Waals surface area contributed by atoms with Crippen molar-refractivity contribution in [2.75, 3.05) is 24.3 Å². The summed E-state index contributed by atoms with van der Waals surface area (Å²) in [5, 5.41) is 6.14. The van der Waals surface area contributed by atoms with Crippen molar-refractivity contribution >= 4 is 34.8 Å². The molecule has 6 nitrogen and oxygen atoms in total. The van der Waals surface area contributed by atoms with Crippen molar-refractivity contribution in [2.45, 2.75) is 13.5 Å². The van der Waals surface area contributed by atoms with E-state index in [-0.39, 0.29) is 6.01 Å². The average Bonchev–Trinajstić information content (AvgIpc) is 2.82. The van der Waals surface area contributed by atoms with Gasteiger partial charge in [-0.3, -0.25) is 0 Å². The van der Waals surface area contributed by atoms with Gasteiger partial charge in [-0.05, 0) is 19.1 Å². The monoisotopic (exact) mass is 299 g/mol. The highest BCUT2D eigenvalue weighted by molar-refractivity contribution is 7.16. The van der Waals surface area contributed by atoms with Crippen molar-refractivity contribution in [3.63, 3.8) is 0 Å². The smallest absolute Gasteiger partial charge is 0.322 e. The van der Waals surface area contributed by atoms with E-state index in [9.17, 15) is 0 Å². The van der Waals surface area contributed by atoms with E-state index in [1.54, 1.807) is 0 Å². The first kappa shape index (κ1) is 13.8. The van der Waals surface area contributed by atoms with Crippen LogP contribution in [-0.2, 0) is 6.54 Å². The van der Waals surface area contributed by atoms with Gasteiger partial charge >= 0.3 is 6.01 Å².